The topological polar surface area (TPSA) is 0 Å². The predicted molar refractivity (Wildman–Crippen MR) is 92.5 cm³/mol. The van der Waals surface area contributed by atoms with Crippen molar-refractivity contribution in [2.24, 2.45) is 22.2 Å². The maximum atomic E-state index is 7.09. The zero-order chi connectivity index (χ0) is 15.0. The third-order valence-electron chi connectivity index (χ3n) is 6.33. The fraction of sp³-hybridized carbons (Fsp3) is 0.778. The minimum atomic E-state index is 0.149. The van der Waals surface area contributed by atoms with Gasteiger partial charge in [-0.15, -0.1) is 22.9 Å². The predicted octanol–water partition coefficient (Wildman–Crippen LogP) is 6.99. The summed E-state index contributed by atoms with van der Waals surface area (Å²) in [5, 5.41) is 0.149. The molecule has 4 bridgehead atoms. The second-order valence-electron chi connectivity index (χ2n) is 8.96. The van der Waals surface area contributed by atoms with Crippen LogP contribution in [0.1, 0.15) is 68.2 Å². The van der Waals surface area contributed by atoms with Crippen molar-refractivity contribution in [3.8, 4) is 0 Å². The number of hydrogen-bond acceptors (Lipinski definition) is 1. The molecule has 3 heteroatoms. The second kappa shape index (κ2) is 4.42. The Morgan fingerprint density at radius 2 is 1.76 bits per heavy atom. The van der Waals surface area contributed by atoms with Crippen molar-refractivity contribution >= 4 is 34.5 Å². The molecular weight excluding hydrogens is 319 g/mol. The quantitative estimate of drug-likeness (QED) is 0.508. The number of halogens is 2. The average molecular weight is 343 g/mol. The fourth-order valence-electron chi connectivity index (χ4n) is 6.73. The largest absolute Gasteiger partial charge is 0.127 e. The summed E-state index contributed by atoms with van der Waals surface area (Å²) < 4.78 is 0.915. The molecule has 0 amide bonds. The number of rotatable bonds is 2. The van der Waals surface area contributed by atoms with E-state index in [1.165, 1.54) is 49.0 Å². The monoisotopic (exact) mass is 342 g/mol. The van der Waals surface area contributed by atoms with E-state index in [-0.39, 0.29) is 5.38 Å². The third kappa shape index (κ3) is 2.22. The molecule has 4 fully saturated rings. The highest BCUT2D eigenvalue weighted by atomic mass is 35.5. The van der Waals surface area contributed by atoms with Gasteiger partial charge in [-0.25, -0.2) is 0 Å². The fourth-order valence-corrected chi connectivity index (χ4v) is 8.51. The SMILES string of the molecule is Cc1cc(C(Cl)C23CC4CC(C)(CC(C)(C4)C2)C3)sc1Cl. The van der Waals surface area contributed by atoms with Gasteiger partial charge in [-0.1, -0.05) is 25.4 Å². The minimum absolute atomic E-state index is 0.149. The highest BCUT2D eigenvalue weighted by Gasteiger charge is 2.62. The molecule has 0 aromatic carbocycles. The number of alkyl halides is 1. The van der Waals surface area contributed by atoms with Crippen LogP contribution in [-0.2, 0) is 0 Å². The van der Waals surface area contributed by atoms with E-state index in [0.717, 1.165) is 10.3 Å². The van der Waals surface area contributed by atoms with Gasteiger partial charge in [0.25, 0.3) is 0 Å². The first-order valence-electron chi connectivity index (χ1n) is 8.13. The summed E-state index contributed by atoms with van der Waals surface area (Å²) in [7, 11) is 0. The molecule has 1 heterocycles. The van der Waals surface area contributed by atoms with Crippen molar-refractivity contribution in [2.45, 2.75) is 64.7 Å². The molecule has 4 aliphatic rings. The van der Waals surface area contributed by atoms with Crippen molar-refractivity contribution in [1.29, 1.82) is 0 Å². The minimum Gasteiger partial charge on any atom is -0.127 e. The third-order valence-corrected chi connectivity index (χ3v) is 8.78. The smallest absolute Gasteiger partial charge is 0.0960 e. The zero-order valence-corrected chi connectivity index (χ0v) is 15.5. The normalized spacial score (nSPS) is 46.0. The van der Waals surface area contributed by atoms with Crippen LogP contribution in [0.15, 0.2) is 6.07 Å². The first-order chi connectivity index (χ1) is 9.73. The van der Waals surface area contributed by atoms with Crippen LogP contribution in [0.5, 0.6) is 0 Å². The number of hydrogen-bond donors (Lipinski definition) is 0. The van der Waals surface area contributed by atoms with Crippen LogP contribution in [0.2, 0.25) is 4.34 Å². The molecule has 3 unspecified atom stereocenters. The Kier molecular flexibility index (Phi) is 3.13. The van der Waals surface area contributed by atoms with Crippen LogP contribution in [-0.4, -0.2) is 0 Å². The molecule has 4 aliphatic carbocycles. The zero-order valence-electron chi connectivity index (χ0n) is 13.1. The molecule has 3 atom stereocenters. The van der Waals surface area contributed by atoms with E-state index in [0.29, 0.717) is 16.2 Å². The number of aryl methyl sites for hydroxylation is 1. The Hall–Kier alpha value is 0.280. The van der Waals surface area contributed by atoms with Crippen LogP contribution in [0, 0.1) is 29.1 Å². The van der Waals surface area contributed by atoms with Gasteiger partial charge >= 0.3 is 0 Å². The van der Waals surface area contributed by atoms with Crippen molar-refractivity contribution in [3.05, 3.63) is 20.8 Å². The summed E-state index contributed by atoms with van der Waals surface area (Å²) in [6, 6.07) is 2.23. The second-order valence-corrected chi connectivity index (χ2v) is 11.1. The van der Waals surface area contributed by atoms with Crippen LogP contribution in [0.4, 0.5) is 0 Å². The van der Waals surface area contributed by atoms with Gasteiger partial charge in [0, 0.05) is 4.88 Å². The molecule has 0 nitrogen and oxygen atoms in total. The van der Waals surface area contributed by atoms with E-state index >= 15 is 0 Å². The van der Waals surface area contributed by atoms with Crippen molar-refractivity contribution in [3.63, 3.8) is 0 Å². The van der Waals surface area contributed by atoms with E-state index in [4.69, 9.17) is 23.2 Å². The summed E-state index contributed by atoms with van der Waals surface area (Å²) in [5.74, 6) is 0.897. The molecule has 4 saturated carbocycles. The molecular formula is C18H24Cl2S. The van der Waals surface area contributed by atoms with Gasteiger partial charge in [-0.3, -0.25) is 0 Å². The van der Waals surface area contributed by atoms with Crippen molar-refractivity contribution in [1.82, 2.24) is 0 Å². The molecule has 0 spiro atoms. The van der Waals surface area contributed by atoms with Crippen LogP contribution >= 0.6 is 34.5 Å². The van der Waals surface area contributed by atoms with Crippen molar-refractivity contribution in [2.75, 3.05) is 0 Å². The Balaban J connectivity index is 1.73. The standard InChI is InChI=1S/C18H24Cl2S/c1-11-4-13(21-15(11)20)14(19)18-7-12-5-16(2,9-18)8-17(3,6-12)10-18/h4,12,14H,5-10H2,1-3H3. The molecule has 0 saturated heterocycles. The highest BCUT2D eigenvalue weighted by molar-refractivity contribution is 7.16. The van der Waals surface area contributed by atoms with Crippen LogP contribution < -0.4 is 0 Å². The Labute approximate surface area is 142 Å². The molecule has 0 N–H and O–H groups in total. The van der Waals surface area contributed by atoms with Crippen molar-refractivity contribution < 1.29 is 0 Å². The van der Waals surface area contributed by atoms with Gasteiger partial charge in [-0.05, 0) is 79.2 Å². The molecule has 5 rings (SSSR count). The van der Waals surface area contributed by atoms with Crippen LogP contribution in [0.3, 0.4) is 0 Å². The van der Waals surface area contributed by atoms with E-state index in [2.05, 4.69) is 26.8 Å². The molecule has 1 aromatic rings. The van der Waals surface area contributed by atoms with Gasteiger partial charge in [0.2, 0.25) is 0 Å². The summed E-state index contributed by atoms with van der Waals surface area (Å²) in [4.78, 5) is 1.30. The van der Waals surface area contributed by atoms with Crippen LogP contribution in [0.25, 0.3) is 0 Å². The Morgan fingerprint density at radius 1 is 1.14 bits per heavy atom. The lowest BCUT2D eigenvalue weighted by atomic mass is 9.39. The van der Waals surface area contributed by atoms with Gasteiger partial charge in [0.15, 0.2) is 0 Å². The van der Waals surface area contributed by atoms with Gasteiger partial charge < -0.3 is 0 Å². The van der Waals surface area contributed by atoms with Gasteiger partial charge in [0.1, 0.15) is 0 Å². The lowest BCUT2D eigenvalue weighted by Gasteiger charge is -2.66. The molecule has 116 valence electrons. The first kappa shape index (κ1) is 14.8. The van der Waals surface area contributed by atoms with E-state index < -0.39 is 0 Å². The number of thiophene rings is 1. The maximum absolute atomic E-state index is 7.09. The summed E-state index contributed by atoms with van der Waals surface area (Å²) in [5.41, 5.74) is 2.55. The van der Waals surface area contributed by atoms with Gasteiger partial charge in [-0.2, -0.15) is 0 Å². The lowest BCUT2D eigenvalue weighted by molar-refractivity contribution is -0.146. The Morgan fingerprint density at radius 3 is 2.24 bits per heavy atom. The van der Waals surface area contributed by atoms with E-state index in [1.54, 1.807) is 11.3 Å². The highest BCUT2D eigenvalue weighted by Crippen LogP contribution is 2.73. The molecule has 1 aromatic heterocycles. The summed E-state index contributed by atoms with van der Waals surface area (Å²) in [6.07, 6.45) is 8.23. The molecule has 0 radical (unpaired) electrons. The van der Waals surface area contributed by atoms with E-state index in [9.17, 15) is 0 Å². The molecule has 0 aliphatic heterocycles. The summed E-state index contributed by atoms with van der Waals surface area (Å²) in [6.45, 7) is 7.12. The lowest BCUT2D eigenvalue weighted by Crippen LogP contribution is -2.56. The first-order valence-corrected chi connectivity index (χ1v) is 9.76. The van der Waals surface area contributed by atoms with Gasteiger partial charge in [0.05, 0.1) is 9.71 Å². The van der Waals surface area contributed by atoms with E-state index in [1.807, 2.05) is 0 Å². The maximum Gasteiger partial charge on any atom is 0.0960 e. The summed E-state index contributed by atoms with van der Waals surface area (Å²) >= 11 is 15.1. The Bertz CT molecular complexity index is 553. The molecule has 21 heavy (non-hydrogen) atoms. The average Bonchev–Trinajstić information content (AvgIpc) is 2.64.